The Morgan fingerprint density at radius 3 is 2.23 bits per heavy atom. The molecule has 7 nitrogen and oxygen atoms in total. The number of benzene rings is 3. The Hall–Kier alpha value is -4.13. The van der Waals surface area contributed by atoms with E-state index in [2.05, 4.69) is 24.3 Å². The van der Waals surface area contributed by atoms with Crippen molar-refractivity contribution in [3.8, 4) is 0 Å². The number of hydrogen-bond acceptors (Lipinski definition) is 5. The molecule has 31 heavy (non-hydrogen) atoms. The van der Waals surface area contributed by atoms with Crippen LogP contribution in [-0.4, -0.2) is 22.7 Å². The van der Waals surface area contributed by atoms with Crippen molar-refractivity contribution in [1.29, 1.82) is 0 Å². The predicted molar refractivity (Wildman–Crippen MR) is 122 cm³/mol. The molecule has 3 aromatic carbocycles. The van der Waals surface area contributed by atoms with Crippen LogP contribution in [0.25, 0.3) is 0 Å². The van der Waals surface area contributed by atoms with Crippen molar-refractivity contribution in [3.05, 3.63) is 94.5 Å². The van der Waals surface area contributed by atoms with Gasteiger partial charge in [-0.2, -0.15) is 0 Å². The number of rotatable bonds is 6. The molecule has 0 radical (unpaired) electrons. The summed E-state index contributed by atoms with van der Waals surface area (Å²) in [5.41, 5.74) is 14.7. The molecule has 0 spiro atoms. The van der Waals surface area contributed by atoms with Gasteiger partial charge in [0, 0.05) is 22.3 Å². The van der Waals surface area contributed by atoms with Gasteiger partial charge in [0.15, 0.2) is 11.6 Å². The molecule has 1 amide bonds. The molecule has 7 heteroatoms. The lowest BCUT2D eigenvalue weighted by molar-refractivity contribution is 0.102. The molecule has 0 aliphatic rings. The topological polar surface area (TPSA) is 131 Å². The van der Waals surface area contributed by atoms with Crippen LogP contribution < -0.4 is 16.8 Å². The smallest absolute Gasteiger partial charge is 0.255 e. The summed E-state index contributed by atoms with van der Waals surface area (Å²) >= 11 is 0. The van der Waals surface area contributed by atoms with Crippen molar-refractivity contribution < 1.29 is 14.8 Å². The van der Waals surface area contributed by atoms with E-state index in [0.29, 0.717) is 22.6 Å². The van der Waals surface area contributed by atoms with Crippen LogP contribution in [0, 0.1) is 0 Å². The standard InChI is InChI=1S/C24H24N4O3/c1-14(2)15-9-11-16(12-10-15)24(30)27-21-19(7-4-8-20(21)25)22(29)17-5-3-6-18(13-17)23(26)28-31/h3-14,31H,25H2,1-2H3,(H2,26,28)(H,27,30). The van der Waals surface area contributed by atoms with E-state index >= 15 is 0 Å². The normalized spacial score (nSPS) is 11.4. The van der Waals surface area contributed by atoms with Crippen LogP contribution in [0.15, 0.2) is 71.9 Å². The fourth-order valence-corrected chi connectivity index (χ4v) is 3.14. The van der Waals surface area contributed by atoms with Crippen LogP contribution >= 0.6 is 0 Å². The van der Waals surface area contributed by atoms with E-state index in [4.69, 9.17) is 16.7 Å². The summed E-state index contributed by atoms with van der Waals surface area (Å²) in [6.07, 6.45) is 0. The highest BCUT2D eigenvalue weighted by atomic mass is 16.4. The first-order valence-corrected chi connectivity index (χ1v) is 9.74. The number of oxime groups is 1. The highest BCUT2D eigenvalue weighted by Crippen LogP contribution is 2.27. The fourth-order valence-electron chi connectivity index (χ4n) is 3.14. The first kappa shape index (κ1) is 21.6. The van der Waals surface area contributed by atoms with Gasteiger partial charge in [0.2, 0.25) is 0 Å². The number of ketones is 1. The van der Waals surface area contributed by atoms with E-state index in [1.807, 2.05) is 12.1 Å². The van der Waals surface area contributed by atoms with Gasteiger partial charge in [-0.3, -0.25) is 9.59 Å². The largest absolute Gasteiger partial charge is 0.409 e. The molecule has 0 atom stereocenters. The minimum absolute atomic E-state index is 0.111. The van der Waals surface area contributed by atoms with Crippen LogP contribution in [0.2, 0.25) is 0 Å². The molecule has 0 aliphatic carbocycles. The number of carbonyl (C=O) groups excluding carboxylic acids is 2. The molecule has 0 bridgehead atoms. The third-order valence-corrected chi connectivity index (χ3v) is 4.95. The van der Waals surface area contributed by atoms with E-state index in [0.717, 1.165) is 5.56 Å². The highest BCUT2D eigenvalue weighted by molar-refractivity contribution is 6.17. The minimum atomic E-state index is -0.368. The molecule has 0 saturated carbocycles. The molecule has 3 rings (SSSR count). The van der Waals surface area contributed by atoms with Gasteiger partial charge in [0.1, 0.15) is 0 Å². The maximum Gasteiger partial charge on any atom is 0.255 e. The molecule has 6 N–H and O–H groups in total. The van der Waals surface area contributed by atoms with E-state index in [1.165, 1.54) is 6.07 Å². The van der Waals surface area contributed by atoms with E-state index in [-0.39, 0.29) is 34.5 Å². The summed E-state index contributed by atoms with van der Waals surface area (Å²) < 4.78 is 0. The molecular formula is C24H24N4O3. The Morgan fingerprint density at radius 2 is 1.58 bits per heavy atom. The van der Waals surface area contributed by atoms with Crippen molar-refractivity contribution in [2.45, 2.75) is 19.8 Å². The summed E-state index contributed by atoms with van der Waals surface area (Å²) in [4.78, 5) is 26.0. The zero-order chi connectivity index (χ0) is 22.5. The number of hydrogen-bond donors (Lipinski definition) is 4. The highest BCUT2D eigenvalue weighted by Gasteiger charge is 2.19. The third kappa shape index (κ3) is 4.72. The second-order valence-electron chi connectivity index (χ2n) is 7.40. The van der Waals surface area contributed by atoms with Crippen molar-refractivity contribution in [2.24, 2.45) is 10.9 Å². The Morgan fingerprint density at radius 1 is 0.935 bits per heavy atom. The number of nitrogen functional groups attached to an aromatic ring is 1. The molecular weight excluding hydrogens is 392 g/mol. The number of amides is 1. The number of nitrogens with zero attached hydrogens (tertiary/aromatic N) is 1. The first-order valence-electron chi connectivity index (χ1n) is 9.74. The Kier molecular flexibility index (Phi) is 6.35. The van der Waals surface area contributed by atoms with Gasteiger partial charge in [0.05, 0.1) is 11.4 Å². The van der Waals surface area contributed by atoms with Gasteiger partial charge < -0.3 is 22.0 Å². The second kappa shape index (κ2) is 9.13. The SMILES string of the molecule is CC(C)c1ccc(C(=O)Nc2c(N)cccc2C(=O)c2cccc(/C(N)=N\O)c2)cc1. The van der Waals surface area contributed by atoms with Gasteiger partial charge in [-0.05, 0) is 41.8 Å². The maximum absolute atomic E-state index is 13.2. The van der Waals surface area contributed by atoms with Crippen molar-refractivity contribution in [1.82, 2.24) is 0 Å². The Balaban J connectivity index is 1.93. The predicted octanol–water partition coefficient (Wildman–Crippen LogP) is 3.97. The molecule has 0 aliphatic heterocycles. The lowest BCUT2D eigenvalue weighted by Gasteiger charge is -2.14. The average molecular weight is 416 g/mol. The summed E-state index contributed by atoms with van der Waals surface area (Å²) in [6, 6.07) is 18.5. The quantitative estimate of drug-likeness (QED) is 0.121. The summed E-state index contributed by atoms with van der Waals surface area (Å²) in [5, 5.41) is 14.6. The van der Waals surface area contributed by atoms with E-state index in [9.17, 15) is 9.59 Å². The molecule has 158 valence electrons. The third-order valence-electron chi connectivity index (χ3n) is 4.95. The van der Waals surface area contributed by atoms with Crippen LogP contribution in [0.5, 0.6) is 0 Å². The number of nitrogens with two attached hydrogens (primary N) is 2. The van der Waals surface area contributed by atoms with Gasteiger partial charge in [0.25, 0.3) is 5.91 Å². The van der Waals surface area contributed by atoms with E-state index < -0.39 is 0 Å². The maximum atomic E-state index is 13.2. The summed E-state index contributed by atoms with van der Waals surface area (Å²) in [7, 11) is 0. The molecule has 0 fully saturated rings. The lowest BCUT2D eigenvalue weighted by Crippen LogP contribution is -2.17. The van der Waals surface area contributed by atoms with Crippen molar-refractivity contribution in [2.75, 3.05) is 11.1 Å². The number of anilines is 2. The lowest BCUT2D eigenvalue weighted by atomic mass is 9.98. The van der Waals surface area contributed by atoms with E-state index in [1.54, 1.807) is 48.5 Å². The number of amidine groups is 1. The zero-order valence-corrected chi connectivity index (χ0v) is 17.3. The van der Waals surface area contributed by atoms with Gasteiger partial charge in [-0.15, -0.1) is 0 Å². The fraction of sp³-hybridized carbons (Fsp3) is 0.125. The van der Waals surface area contributed by atoms with Gasteiger partial charge in [-0.1, -0.05) is 55.4 Å². The molecule has 0 heterocycles. The molecule has 0 aromatic heterocycles. The zero-order valence-electron chi connectivity index (χ0n) is 17.3. The van der Waals surface area contributed by atoms with Crippen LogP contribution in [0.3, 0.4) is 0 Å². The van der Waals surface area contributed by atoms with Crippen LogP contribution in [0.4, 0.5) is 11.4 Å². The summed E-state index contributed by atoms with van der Waals surface area (Å²) in [6.45, 7) is 4.15. The van der Waals surface area contributed by atoms with Crippen molar-refractivity contribution >= 4 is 28.9 Å². The van der Waals surface area contributed by atoms with Crippen LogP contribution in [-0.2, 0) is 0 Å². The summed E-state index contributed by atoms with van der Waals surface area (Å²) in [5.74, 6) is -0.481. The monoisotopic (exact) mass is 416 g/mol. The second-order valence-corrected chi connectivity index (χ2v) is 7.40. The Bertz CT molecular complexity index is 1150. The van der Waals surface area contributed by atoms with Crippen molar-refractivity contribution in [3.63, 3.8) is 0 Å². The first-order chi connectivity index (χ1) is 14.8. The number of carbonyl (C=O) groups is 2. The van der Waals surface area contributed by atoms with Gasteiger partial charge >= 0.3 is 0 Å². The molecule has 0 saturated heterocycles. The number of para-hydroxylation sites is 1. The molecule has 3 aromatic rings. The number of nitrogens with one attached hydrogen (secondary N) is 1. The molecule has 0 unspecified atom stereocenters. The van der Waals surface area contributed by atoms with Crippen LogP contribution in [0.1, 0.15) is 57.2 Å². The minimum Gasteiger partial charge on any atom is -0.409 e. The Labute approximate surface area is 180 Å². The average Bonchev–Trinajstić information content (AvgIpc) is 2.79. The van der Waals surface area contributed by atoms with Gasteiger partial charge in [-0.25, -0.2) is 0 Å².